The molecule has 2 aromatic rings. The number of rotatable bonds is 3. The summed E-state index contributed by atoms with van der Waals surface area (Å²) in [7, 11) is 0. The molecule has 1 heterocycles. The third-order valence-corrected chi connectivity index (χ3v) is 3.64. The lowest BCUT2D eigenvalue weighted by atomic mass is 10.3. The first kappa shape index (κ1) is 11.0. The molecule has 0 fully saturated rings. The standard InChI is InChI=1S/C11H8BrClOS/c12-11-5-4-10(15-11)7-14-9-3-1-2-8(13)6-9/h1-6H,7H2. The van der Waals surface area contributed by atoms with Gasteiger partial charge in [0.2, 0.25) is 0 Å². The Hall–Kier alpha value is -0.510. The van der Waals surface area contributed by atoms with Gasteiger partial charge in [0, 0.05) is 9.90 Å². The number of hydrogen-bond acceptors (Lipinski definition) is 2. The van der Waals surface area contributed by atoms with Gasteiger partial charge < -0.3 is 4.74 Å². The van der Waals surface area contributed by atoms with Crippen LogP contribution >= 0.6 is 38.9 Å². The monoisotopic (exact) mass is 302 g/mol. The lowest BCUT2D eigenvalue weighted by Gasteiger charge is -2.04. The molecule has 0 aliphatic heterocycles. The normalized spacial score (nSPS) is 10.3. The highest BCUT2D eigenvalue weighted by atomic mass is 79.9. The molecule has 2 rings (SSSR count). The van der Waals surface area contributed by atoms with Crippen LogP contribution in [0.4, 0.5) is 0 Å². The molecule has 1 aromatic carbocycles. The molecule has 78 valence electrons. The zero-order chi connectivity index (χ0) is 10.7. The molecule has 0 saturated heterocycles. The molecule has 0 radical (unpaired) electrons. The molecule has 0 aliphatic rings. The summed E-state index contributed by atoms with van der Waals surface area (Å²) >= 11 is 10.9. The second kappa shape index (κ2) is 5.01. The van der Waals surface area contributed by atoms with Crippen LogP contribution in [0.1, 0.15) is 4.88 Å². The highest BCUT2D eigenvalue weighted by Crippen LogP contribution is 2.24. The lowest BCUT2D eigenvalue weighted by Crippen LogP contribution is -1.91. The predicted octanol–water partition coefficient (Wildman–Crippen LogP) is 4.74. The number of ether oxygens (including phenoxy) is 1. The fourth-order valence-electron chi connectivity index (χ4n) is 1.14. The second-order valence-corrected chi connectivity index (χ2v) is 5.94. The maximum absolute atomic E-state index is 5.85. The van der Waals surface area contributed by atoms with E-state index < -0.39 is 0 Å². The Morgan fingerprint density at radius 2 is 2.13 bits per heavy atom. The topological polar surface area (TPSA) is 9.23 Å². The van der Waals surface area contributed by atoms with Crippen molar-refractivity contribution in [3.63, 3.8) is 0 Å². The van der Waals surface area contributed by atoms with Crippen molar-refractivity contribution >= 4 is 38.9 Å². The Bertz CT molecular complexity index is 455. The van der Waals surface area contributed by atoms with Crippen molar-refractivity contribution in [2.24, 2.45) is 0 Å². The van der Waals surface area contributed by atoms with Gasteiger partial charge in [0.05, 0.1) is 3.79 Å². The molecule has 0 bridgehead atoms. The van der Waals surface area contributed by atoms with E-state index in [-0.39, 0.29) is 0 Å². The molecule has 0 N–H and O–H groups in total. The Morgan fingerprint density at radius 3 is 2.80 bits per heavy atom. The molecular weight excluding hydrogens is 296 g/mol. The van der Waals surface area contributed by atoms with Gasteiger partial charge in [0.15, 0.2) is 0 Å². The number of benzene rings is 1. The van der Waals surface area contributed by atoms with Crippen LogP contribution in [0, 0.1) is 0 Å². The number of hydrogen-bond donors (Lipinski definition) is 0. The van der Waals surface area contributed by atoms with Gasteiger partial charge in [-0.25, -0.2) is 0 Å². The van der Waals surface area contributed by atoms with E-state index in [0.717, 1.165) is 9.54 Å². The molecule has 0 unspecified atom stereocenters. The van der Waals surface area contributed by atoms with Crippen molar-refractivity contribution in [1.29, 1.82) is 0 Å². The third kappa shape index (κ3) is 3.23. The Morgan fingerprint density at radius 1 is 1.27 bits per heavy atom. The summed E-state index contributed by atoms with van der Waals surface area (Å²) in [5, 5.41) is 0.694. The van der Waals surface area contributed by atoms with Gasteiger partial charge in [-0.15, -0.1) is 11.3 Å². The maximum Gasteiger partial charge on any atom is 0.122 e. The Labute approximate surface area is 106 Å². The maximum atomic E-state index is 5.85. The van der Waals surface area contributed by atoms with Crippen LogP contribution in [0.2, 0.25) is 5.02 Å². The van der Waals surface area contributed by atoms with Gasteiger partial charge in [-0.1, -0.05) is 17.7 Å². The summed E-state index contributed by atoms with van der Waals surface area (Å²) in [6.45, 7) is 0.580. The summed E-state index contributed by atoms with van der Waals surface area (Å²) in [6, 6.07) is 11.5. The van der Waals surface area contributed by atoms with E-state index in [2.05, 4.69) is 15.9 Å². The Balaban J connectivity index is 1.99. The van der Waals surface area contributed by atoms with E-state index in [1.54, 1.807) is 11.3 Å². The van der Waals surface area contributed by atoms with E-state index in [1.807, 2.05) is 36.4 Å². The van der Waals surface area contributed by atoms with Gasteiger partial charge in [-0.3, -0.25) is 0 Å². The van der Waals surface area contributed by atoms with E-state index in [0.29, 0.717) is 11.6 Å². The first-order chi connectivity index (χ1) is 7.24. The van der Waals surface area contributed by atoms with Gasteiger partial charge in [-0.05, 0) is 46.3 Å². The fourth-order valence-corrected chi connectivity index (χ4v) is 2.72. The van der Waals surface area contributed by atoms with Crippen LogP contribution in [0.5, 0.6) is 5.75 Å². The first-order valence-electron chi connectivity index (χ1n) is 4.36. The minimum Gasteiger partial charge on any atom is -0.488 e. The van der Waals surface area contributed by atoms with E-state index in [9.17, 15) is 0 Å². The van der Waals surface area contributed by atoms with Crippen molar-refractivity contribution in [1.82, 2.24) is 0 Å². The zero-order valence-electron chi connectivity index (χ0n) is 7.74. The molecule has 1 aromatic heterocycles. The van der Waals surface area contributed by atoms with Gasteiger partial charge in [0.1, 0.15) is 12.4 Å². The second-order valence-electron chi connectivity index (χ2n) is 2.95. The molecule has 0 saturated carbocycles. The number of halogens is 2. The SMILES string of the molecule is Clc1cccc(OCc2ccc(Br)s2)c1. The van der Waals surface area contributed by atoms with Gasteiger partial charge in [-0.2, -0.15) is 0 Å². The quantitative estimate of drug-likeness (QED) is 0.795. The zero-order valence-corrected chi connectivity index (χ0v) is 10.9. The Kier molecular flexibility index (Phi) is 3.67. The lowest BCUT2D eigenvalue weighted by molar-refractivity contribution is 0.310. The van der Waals surface area contributed by atoms with Gasteiger partial charge in [0.25, 0.3) is 0 Å². The molecule has 0 spiro atoms. The molecule has 0 aliphatic carbocycles. The van der Waals surface area contributed by atoms with Crippen molar-refractivity contribution in [3.05, 3.63) is 50.1 Å². The fraction of sp³-hybridized carbons (Fsp3) is 0.0909. The first-order valence-corrected chi connectivity index (χ1v) is 6.35. The molecule has 4 heteroatoms. The minimum absolute atomic E-state index is 0.580. The minimum atomic E-state index is 0.580. The summed E-state index contributed by atoms with van der Waals surface area (Å²) in [6.07, 6.45) is 0. The van der Waals surface area contributed by atoms with E-state index >= 15 is 0 Å². The van der Waals surface area contributed by atoms with Crippen LogP contribution in [0.15, 0.2) is 40.2 Å². The van der Waals surface area contributed by atoms with Crippen LogP contribution in [-0.2, 0) is 6.61 Å². The van der Waals surface area contributed by atoms with Crippen LogP contribution in [-0.4, -0.2) is 0 Å². The smallest absolute Gasteiger partial charge is 0.122 e. The molecule has 15 heavy (non-hydrogen) atoms. The molecule has 0 amide bonds. The number of thiophene rings is 1. The van der Waals surface area contributed by atoms with Crippen molar-refractivity contribution in [2.75, 3.05) is 0 Å². The highest BCUT2D eigenvalue weighted by Gasteiger charge is 1.99. The predicted molar refractivity (Wildman–Crippen MR) is 67.8 cm³/mol. The van der Waals surface area contributed by atoms with E-state index in [1.165, 1.54) is 4.88 Å². The molecular formula is C11H8BrClOS. The van der Waals surface area contributed by atoms with Crippen LogP contribution < -0.4 is 4.74 Å². The van der Waals surface area contributed by atoms with Crippen molar-refractivity contribution < 1.29 is 4.74 Å². The average molecular weight is 304 g/mol. The van der Waals surface area contributed by atoms with Crippen LogP contribution in [0.25, 0.3) is 0 Å². The third-order valence-electron chi connectivity index (χ3n) is 1.81. The highest BCUT2D eigenvalue weighted by molar-refractivity contribution is 9.11. The summed E-state index contributed by atoms with van der Waals surface area (Å²) < 4.78 is 6.71. The van der Waals surface area contributed by atoms with Crippen molar-refractivity contribution in [3.8, 4) is 5.75 Å². The average Bonchev–Trinajstić information content (AvgIpc) is 2.62. The van der Waals surface area contributed by atoms with Crippen LogP contribution in [0.3, 0.4) is 0 Å². The van der Waals surface area contributed by atoms with E-state index in [4.69, 9.17) is 16.3 Å². The summed E-state index contributed by atoms with van der Waals surface area (Å²) in [4.78, 5) is 1.18. The molecule has 1 nitrogen and oxygen atoms in total. The summed E-state index contributed by atoms with van der Waals surface area (Å²) in [5.74, 6) is 0.798. The van der Waals surface area contributed by atoms with Gasteiger partial charge >= 0.3 is 0 Å². The molecule has 0 atom stereocenters. The van der Waals surface area contributed by atoms with Crippen molar-refractivity contribution in [2.45, 2.75) is 6.61 Å². The largest absolute Gasteiger partial charge is 0.488 e. The summed E-state index contributed by atoms with van der Waals surface area (Å²) in [5.41, 5.74) is 0.